The summed E-state index contributed by atoms with van der Waals surface area (Å²) in [6.07, 6.45) is 2.04. The Bertz CT molecular complexity index is 607. The molecule has 0 saturated carbocycles. The summed E-state index contributed by atoms with van der Waals surface area (Å²) in [6.45, 7) is 4.35. The molecule has 0 unspecified atom stereocenters. The first-order valence-electron chi connectivity index (χ1n) is 6.97. The number of aryl methyl sites for hydroxylation is 1. The van der Waals surface area contributed by atoms with Crippen LogP contribution >= 0.6 is 0 Å². The molecule has 3 rings (SSSR count). The van der Waals surface area contributed by atoms with Crippen LogP contribution in [-0.4, -0.2) is 10.1 Å². The summed E-state index contributed by atoms with van der Waals surface area (Å²) >= 11 is 0. The van der Waals surface area contributed by atoms with Gasteiger partial charge in [0, 0.05) is 12.0 Å². The molecular formula is C15H19N3O2. The van der Waals surface area contributed by atoms with Gasteiger partial charge in [-0.1, -0.05) is 25.1 Å². The highest BCUT2D eigenvalue weighted by molar-refractivity contribution is 5.40. The van der Waals surface area contributed by atoms with Gasteiger partial charge in [0.2, 0.25) is 11.7 Å². The van der Waals surface area contributed by atoms with Gasteiger partial charge in [0.25, 0.3) is 0 Å². The number of ether oxygens (including phenoxy) is 1. The molecule has 20 heavy (non-hydrogen) atoms. The second-order valence-electron chi connectivity index (χ2n) is 5.50. The lowest BCUT2D eigenvalue weighted by Gasteiger charge is -2.07. The average molecular weight is 273 g/mol. The van der Waals surface area contributed by atoms with E-state index in [1.54, 1.807) is 0 Å². The van der Waals surface area contributed by atoms with Crippen molar-refractivity contribution in [3.8, 4) is 5.75 Å². The van der Waals surface area contributed by atoms with E-state index in [1.165, 1.54) is 11.1 Å². The molecule has 0 aliphatic heterocycles. The Morgan fingerprint density at radius 1 is 1.45 bits per heavy atom. The molecule has 1 aliphatic carbocycles. The van der Waals surface area contributed by atoms with Gasteiger partial charge in [-0.2, -0.15) is 4.98 Å². The van der Waals surface area contributed by atoms with Crippen LogP contribution in [0.3, 0.4) is 0 Å². The molecule has 2 N–H and O–H groups in total. The van der Waals surface area contributed by atoms with Gasteiger partial charge in [-0.3, -0.25) is 0 Å². The largest absolute Gasteiger partial charge is 0.485 e. The van der Waals surface area contributed by atoms with Crippen LogP contribution < -0.4 is 10.5 Å². The maximum absolute atomic E-state index is 6.02. The molecule has 2 aromatic rings. The fourth-order valence-electron chi connectivity index (χ4n) is 2.43. The number of nitrogens with zero attached hydrogens (tertiary/aromatic N) is 2. The molecule has 1 heterocycles. The van der Waals surface area contributed by atoms with Crippen molar-refractivity contribution in [1.29, 1.82) is 0 Å². The zero-order chi connectivity index (χ0) is 14.1. The van der Waals surface area contributed by atoms with Crippen LogP contribution in [0.4, 0.5) is 0 Å². The van der Waals surface area contributed by atoms with E-state index in [0.29, 0.717) is 18.3 Å². The third-order valence-corrected chi connectivity index (χ3v) is 3.58. The summed E-state index contributed by atoms with van der Waals surface area (Å²) in [4.78, 5) is 4.29. The van der Waals surface area contributed by atoms with Crippen molar-refractivity contribution < 1.29 is 9.26 Å². The number of rotatable bonds is 4. The van der Waals surface area contributed by atoms with Crippen molar-refractivity contribution in [1.82, 2.24) is 10.1 Å². The minimum Gasteiger partial charge on any atom is -0.485 e. The van der Waals surface area contributed by atoms with Crippen molar-refractivity contribution in [2.75, 3.05) is 0 Å². The summed E-state index contributed by atoms with van der Waals surface area (Å²) in [5, 5.41) is 3.91. The molecule has 0 spiro atoms. The Kier molecular flexibility index (Phi) is 3.44. The van der Waals surface area contributed by atoms with Gasteiger partial charge < -0.3 is 15.0 Å². The standard InChI is InChI=1S/C15H19N3O2/c1-9(2)15-17-14(18-20-15)8-19-11-4-5-12-10(7-11)3-6-13(12)16/h4-5,7,9,13H,3,6,8,16H2,1-2H3/t13-/m1/s1. The molecular weight excluding hydrogens is 254 g/mol. The highest BCUT2D eigenvalue weighted by Gasteiger charge is 2.19. The fraction of sp³-hybridized carbons (Fsp3) is 0.467. The fourth-order valence-corrected chi connectivity index (χ4v) is 2.43. The SMILES string of the molecule is CC(C)c1nc(COc2ccc3c(c2)CC[C@H]3N)no1. The molecule has 0 fully saturated rings. The minimum atomic E-state index is 0.171. The normalized spacial score (nSPS) is 17.5. The summed E-state index contributed by atoms with van der Waals surface area (Å²) in [5.74, 6) is 2.28. The maximum atomic E-state index is 6.02. The van der Waals surface area contributed by atoms with E-state index in [9.17, 15) is 0 Å². The summed E-state index contributed by atoms with van der Waals surface area (Å²) < 4.78 is 10.9. The average Bonchev–Trinajstić information content (AvgIpc) is 3.04. The molecule has 5 heteroatoms. The molecule has 0 amide bonds. The molecule has 0 radical (unpaired) electrons. The lowest BCUT2D eigenvalue weighted by Crippen LogP contribution is -2.05. The smallest absolute Gasteiger partial charge is 0.229 e. The van der Waals surface area contributed by atoms with Crippen LogP contribution in [0.25, 0.3) is 0 Å². The summed E-state index contributed by atoms with van der Waals surface area (Å²) in [7, 11) is 0. The number of benzene rings is 1. The monoisotopic (exact) mass is 273 g/mol. The van der Waals surface area contributed by atoms with Crippen LogP contribution in [0.5, 0.6) is 5.75 Å². The van der Waals surface area contributed by atoms with E-state index in [2.05, 4.69) is 22.3 Å². The number of aromatic nitrogens is 2. The van der Waals surface area contributed by atoms with Crippen molar-refractivity contribution in [2.24, 2.45) is 5.73 Å². The summed E-state index contributed by atoms with van der Waals surface area (Å²) in [5.41, 5.74) is 8.54. The maximum Gasteiger partial charge on any atom is 0.229 e. The molecule has 1 aromatic carbocycles. The number of hydrogen-bond donors (Lipinski definition) is 1. The van der Waals surface area contributed by atoms with Crippen molar-refractivity contribution in [3.05, 3.63) is 41.0 Å². The Hall–Kier alpha value is -1.88. The van der Waals surface area contributed by atoms with Crippen molar-refractivity contribution >= 4 is 0 Å². The summed E-state index contributed by atoms with van der Waals surface area (Å²) in [6, 6.07) is 6.24. The van der Waals surface area contributed by atoms with Gasteiger partial charge in [-0.25, -0.2) is 0 Å². The van der Waals surface area contributed by atoms with Gasteiger partial charge >= 0.3 is 0 Å². The molecule has 0 saturated heterocycles. The molecule has 1 aromatic heterocycles. The first-order chi connectivity index (χ1) is 9.63. The first-order valence-corrected chi connectivity index (χ1v) is 6.97. The van der Waals surface area contributed by atoms with Gasteiger partial charge in [0.05, 0.1) is 0 Å². The number of fused-ring (bicyclic) bond motifs is 1. The van der Waals surface area contributed by atoms with E-state index in [1.807, 2.05) is 19.9 Å². The topological polar surface area (TPSA) is 74.2 Å². The lowest BCUT2D eigenvalue weighted by atomic mass is 10.1. The Balaban J connectivity index is 1.66. The van der Waals surface area contributed by atoms with Crippen molar-refractivity contribution in [2.45, 2.75) is 45.3 Å². The molecule has 106 valence electrons. The van der Waals surface area contributed by atoms with E-state index in [-0.39, 0.29) is 12.0 Å². The predicted octanol–water partition coefficient (Wildman–Crippen LogP) is 2.72. The van der Waals surface area contributed by atoms with E-state index >= 15 is 0 Å². The minimum absolute atomic E-state index is 0.171. The molecule has 1 atom stereocenters. The van der Waals surface area contributed by atoms with Gasteiger partial charge in [0.1, 0.15) is 5.75 Å². The predicted molar refractivity (Wildman–Crippen MR) is 74.4 cm³/mol. The third kappa shape index (κ3) is 2.54. The van der Waals surface area contributed by atoms with Crippen LogP contribution in [0.2, 0.25) is 0 Å². The number of hydrogen-bond acceptors (Lipinski definition) is 5. The molecule has 5 nitrogen and oxygen atoms in total. The van der Waals surface area contributed by atoms with Crippen LogP contribution in [0.1, 0.15) is 55.1 Å². The van der Waals surface area contributed by atoms with Crippen LogP contribution in [0.15, 0.2) is 22.7 Å². The van der Waals surface area contributed by atoms with Crippen LogP contribution in [0, 0.1) is 0 Å². The lowest BCUT2D eigenvalue weighted by molar-refractivity contribution is 0.284. The van der Waals surface area contributed by atoms with Crippen molar-refractivity contribution in [3.63, 3.8) is 0 Å². The second-order valence-corrected chi connectivity index (χ2v) is 5.50. The third-order valence-electron chi connectivity index (χ3n) is 3.58. The first kappa shape index (κ1) is 13.1. The van der Waals surface area contributed by atoms with E-state index in [4.69, 9.17) is 15.0 Å². The zero-order valence-electron chi connectivity index (χ0n) is 11.8. The Morgan fingerprint density at radius 3 is 3.05 bits per heavy atom. The van der Waals surface area contributed by atoms with Crippen LogP contribution in [-0.2, 0) is 13.0 Å². The highest BCUT2D eigenvalue weighted by atomic mass is 16.5. The molecule has 1 aliphatic rings. The van der Waals surface area contributed by atoms with Gasteiger partial charge in [-0.05, 0) is 36.1 Å². The number of nitrogens with two attached hydrogens (primary N) is 1. The second kappa shape index (κ2) is 5.25. The van der Waals surface area contributed by atoms with Gasteiger partial charge in [0.15, 0.2) is 6.61 Å². The molecule has 0 bridgehead atoms. The van der Waals surface area contributed by atoms with E-state index < -0.39 is 0 Å². The Labute approximate surface area is 118 Å². The van der Waals surface area contributed by atoms with Gasteiger partial charge in [-0.15, -0.1) is 0 Å². The zero-order valence-corrected chi connectivity index (χ0v) is 11.8. The quantitative estimate of drug-likeness (QED) is 0.927. The Morgan fingerprint density at radius 2 is 2.30 bits per heavy atom. The van der Waals surface area contributed by atoms with E-state index in [0.717, 1.165) is 18.6 Å². The highest BCUT2D eigenvalue weighted by Crippen LogP contribution is 2.31.